The predicted octanol–water partition coefficient (Wildman–Crippen LogP) is 1.33. The van der Waals surface area contributed by atoms with Crippen molar-refractivity contribution in [2.45, 2.75) is 18.9 Å². The minimum Gasteiger partial charge on any atom is -0.493 e. The van der Waals surface area contributed by atoms with Crippen molar-refractivity contribution in [2.75, 3.05) is 13.7 Å². The van der Waals surface area contributed by atoms with Crippen molar-refractivity contribution in [2.24, 2.45) is 5.92 Å². The first-order valence-corrected chi connectivity index (χ1v) is 5.62. The maximum absolute atomic E-state index is 11.5. The fraction of sp³-hybridized carbons (Fsp3) is 0.462. The summed E-state index contributed by atoms with van der Waals surface area (Å²) in [6, 6.07) is 7.47. The normalized spacial score (nSPS) is 24.4. The maximum atomic E-state index is 11.5. The number of fused-ring (bicyclic) bond motifs is 1. The number of hydrogen-bond acceptors (Lipinski definition) is 4. The van der Waals surface area contributed by atoms with Crippen molar-refractivity contribution < 1.29 is 19.4 Å². The van der Waals surface area contributed by atoms with Crippen LogP contribution >= 0.6 is 0 Å². The van der Waals surface area contributed by atoms with Gasteiger partial charge in [-0.05, 0) is 6.07 Å². The fourth-order valence-electron chi connectivity index (χ4n) is 2.27. The van der Waals surface area contributed by atoms with Crippen molar-refractivity contribution in [1.29, 1.82) is 0 Å². The molecule has 0 aromatic heterocycles. The van der Waals surface area contributed by atoms with E-state index in [9.17, 15) is 9.90 Å². The highest BCUT2D eigenvalue weighted by Gasteiger charge is 2.37. The Kier molecular flexibility index (Phi) is 3.33. The van der Waals surface area contributed by atoms with E-state index in [1.165, 1.54) is 7.11 Å². The summed E-state index contributed by atoms with van der Waals surface area (Å²) in [6.07, 6.45) is -1.14. The molecule has 1 heterocycles. The van der Waals surface area contributed by atoms with E-state index in [0.29, 0.717) is 6.61 Å². The maximum Gasteiger partial charge on any atom is 0.335 e. The Bertz CT molecular complexity index is 416. The number of carbonyl (C=O) groups is 1. The molecule has 0 aliphatic carbocycles. The van der Waals surface area contributed by atoms with Crippen LogP contribution in [0.4, 0.5) is 0 Å². The number of aliphatic hydroxyl groups is 1. The number of ether oxygens (including phenoxy) is 2. The van der Waals surface area contributed by atoms with E-state index < -0.39 is 12.1 Å². The zero-order chi connectivity index (χ0) is 12.4. The molecule has 4 heteroatoms. The number of benzene rings is 1. The summed E-state index contributed by atoms with van der Waals surface area (Å²) in [6.45, 7) is 2.45. The van der Waals surface area contributed by atoms with Gasteiger partial charge in [-0.3, -0.25) is 0 Å². The smallest absolute Gasteiger partial charge is 0.335 e. The molecule has 0 bridgehead atoms. The highest BCUT2D eigenvalue weighted by molar-refractivity contribution is 5.76. The lowest BCUT2D eigenvalue weighted by molar-refractivity contribution is -0.152. The lowest BCUT2D eigenvalue weighted by atomic mass is 9.81. The Morgan fingerprint density at radius 3 is 2.94 bits per heavy atom. The molecule has 2 rings (SSSR count). The molecule has 0 amide bonds. The molecule has 1 aromatic carbocycles. The predicted molar refractivity (Wildman–Crippen MR) is 61.9 cm³/mol. The van der Waals surface area contributed by atoms with Gasteiger partial charge in [-0.25, -0.2) is 4.79 Å². The van der Waals surface area contributed by atoms with E-state index in [1.54, 1.807) is 0 Å². The Balaban J connectivity index is 2.35. The second-order valence-electron chi connectivity index (χ2n) is 4.32. The van der Waals surface area contributed by atoms with Crippen LogP contribution in [0, 0.1) is 5.92 Å². The molecule has 0 saturated heterocycles. The molecule has 17 heavy (non-hydrogen) atoms. The SMILES string of the molecule is COC(=O)C(O)C1c2ccccc2OCC1C. The first-order chi connectivity index (χ1) is 8.15. The van der Waals surface area contributed by atoms with Gasteiger partial charge in [0.2, 0.25) is 0 Å². The fourth-order valence-corrected chi connectivity index (χ4v) is 2.27. The van der Waals surface area contributed by atoms with Gasteiger partial charge in [-0.15, -0.1) is 0 Å². The van der Waals surface area contributed by atoms with Crippen LogP contribution in [0.2, 0.25) is 0 Å². The Hall–Kier alpha value is -1.55. The van der Waals surface area contributed by atoms with Crippen LogP contribution in [-0.4, -0.2) is 30.9 Å². The summed E-state index contributed by atoms with van der Waals surface area (Å²) in [7, 11) is 1.28. The number of para-hydroxylation sites is 1. The van der Waals surface area contributed by atoms with E-state index in [-0.39, 0.29) is 11.8 Å². The molecule has 1 aliphatic rings. The molecule has 3 atom stereocenters. The Morgan fingerprint density at radius 2 is 2.24 bits per heavy atom. The largest absolute Gasteiger partial charge is 0.493 e. The van der Waals surface area contributed by atoms with E-state index in [2.05, 4.69) is 4.74 Å². The summed E-state index contributed by atoms with van der Waals surface area (Å²) in [5.74, 6) is -0.0662. The van der Waals surface area contributed by atoms with E-state index >= 15 is 0 Å². The van der Waals surface area contributed by atoms with Gasteiger partial charge in [0.1, 0.15) is 5.75 Å². The lowest BCUT2D eigenvalue weighted by Gasteiger charge is -2.33. The van der Waals surface area contributed by atoms with Gasteiger partial charge in [0.15, 0.2) is 6.10 Å². The van der Waals surface area contributed by atoms with E-state index in [1.807, 2.05) is 31.2 Å². The topological polar surface area (TPSA) is 55.8 Å². The third kappa shape index (κ3) is 2.13. The third-order valence-electron chi connectivity index (χ3n) is 3.18. The minimum absolute atomic E-state index is 0.0685. The molecular formula is C13H16O4. The highest BCUT2D eigenvalue weighted by atomic mass is 16.5. The van der Waals surface area contributed by atoms with Crippen LogP contribution in [0.5, 0.6) is 5.75 Å². The number of rotatable bonds is 2. The number of methoxy groups -OCH3 is 1. The molecule has 1 aromatic rings. The van der Waals surface area contributed by atoms with Gasteiger partial charge in [0, 0.05) is 17.4 Å². The molecule has 0 spiro atoms. The summed E-state index contributed by atoms with van der Waals surface area (Å²) < 4.78 is 10.2. The van der Waals surface area contributed by atoms with Gasteiger partial charge in [-0.1, -0.05) is 25.1 Å². The van der Waals surface area contributed by atoms with Crippen LogP contribution in [0.3, 0.4) is 0 Å². The number of carbonyl (C=O) groups excluding carboxylic acids is 1. The van der Waals surface area contributed by atoms with Crippen molar-refractivity contribution in [1.82, 2.24) is 0 Å². The van der Waals surface area contributed by atoms with Gasteiger partial charge in [-0.2, -0.15) is 0 Å². The quantitative estimate of drug-likeness (QED) is 0.787. The Labute approximate surface area is 100 Å². The highest BCUT2D eigenvalue weighted by Crippen LogP contribution is 2.39. The van der Waals surface area contributed by atoms with E-state index in [0.717, 1.165) is 11.3 Å². The van der Waals surface area contributed by atoms with Crippen LogP contribution in [0.15, 0.2) is 24.3 Å². The second kappa shape index (κ2) is 4.75. The average molecular weight is 236 g/mol. The molecule has 0 radical (unpaired) electrons. The monoisotopic (exact) mass is 236 g/mol. The van der Waals surface area contributed by atoms with Crippen LogP contribution in [-0.2, 0) is 9.53 Å². The molecule has 0 fully saturated rings. The van der Waals surface area contributed by atoms with Crippen molar-refractivity contribution >= 4 is 5.97 Å². The summed E-state index contributed by atoms with van der Waals surface area (Å²) in [5, 5.41) is 10.0. The number of hydrogen-bond donors (Lipinski definition) is 1. The molecule has 3 unspecified atom stereocenters. The Morgan fingerprint density at radius 1 is 1.53 bits per heavy atom. The van der Waals surface area contributed by atoms with E-state index in [4.69, 9.17) is 4.74 Å². The molecular weight excluding hydrogens is 220 g/mol. The summed E-state index contributed by atoms with van der Waals surface area (Å²) in [5.41, 5.74) is 0.865. The van der Waals surface area contributed by atoms with Crippen molar-refractivity contribution in [3.8, 4) is 5.75 Å². The van der Waals surface area contributed by atoms with Crippen LogP contribution in [0.1, 0.15) is 18.4 Å². The summed E-state index contributed by atoms with van der Waals surface area (Å²) in [4.78, 5) is 11.5. The average Bonchev–Trinajstić information content (AvgIpc) is 2.37. The standard InChI is InChI=1S/C13H16O4/c1-8-7-17-10-6-4-3-5-9(10)11(8)12(14)13(15)16-2/h3-6,8,11-12,14H,7H2,1-2H3. The molecule has 92 valence electrons. The van der Waals surface area contributed by atoms with Crippen LogP contribution in [0.25, 0.3) is 0 Å². The third-order valence-corrected chi connectivity index (χ3v) is 3.18. The van der Waals surface area contributed by atoms with Gasteiger partial charge >= 0.3 is 5.97 Å². The lowest BCUT2D eigenvalue weighted by Crippen LogP contribution is -2.37. The molecule has 1 N–H and O–H groups in total. The number of aliphatic hydroxyl groups excluding tert-OH is 1. The van der Waals surface area contributed by atoms with Gasteiger partial charge in [0.05, 0.1) is 13.7 Å². The van der Waals surface area contributed by atoms with Gasteiger partial charge < -0.3 is 14.6 Å². The molecule has 0 saturated carbocycles. The van der Waals surface area contributed by atoms with Crippen molar-refractivity contribution in [3.05, 3.63) is 29.8 Å². The second-order valence-corrected chi connectivity index (χ2v) is 4.32. The molecule has 1 aliphatic heterocycles. The first kappa shape index (κ1) is 11.9. The minimum atomic E-state index is -1.14. The summed E-state index contributed by atoms with van der Waals surface area (Å²) >= 11 is 0. The van der Waals surface area contributed by atoms with Crippen molar-refractivity contribution in [3.63, 3.8) is 0 Å². The molecule has 4 nitrogen and oxygen atoms in total. The number of esters is 1. The zero-order valence-corrected chi connectivity index (χ0v) is 9.92. The first-order valence-electron chi connectivity index (χ1n) is 5.62. The van der Waals surface area contributed by atoms with Crippen LogP contribution < -0.4 is 4.74 Å². The zero-order valence-electron chi connectivity index (χ0n) is 9.92. The van der Waals surface area contributed by atoms with Gasteiger partial charge in [0.25, 0.3) is 0 Å².